The van der Waals surface area contributed by atoms with Gasteiger partial charge in [0, 0.05) is 34.4 Å². The zero-order valence-electron chi connectivity index (χ0n) is 18.9. The van der Waals surface area contributed by atoms with Crippen LogP contribution < -0.4 is 0 Å². The van der Waals surface area contributed by atoms with Crippen molar-refractivity contribution in [1.29, 1.82) is 0 Å². The van der Waals surface area contributed by atoms with Crippen molar-refractivity contribution >= 4 is 51.7 Å². The first-order chi connectivity index (χ1) is 16.9. The molecule has 10 heteroatoms. The molecule has 5 rings (SSSR count). The Balaban J connectivity index is 1.46. The first kappa shape index (κ1) is 23.4. The first-order valence-corrected chi connectivity index (χ1v) is 12.6. The van der Waals surface area contributed by atoms with Crippen LogP contribution in [-0.4, -0.2) is 58.4 Å². The topological polar surface area (TPSA) is 100 Å². The van der Waals surface area contributed by atoms with E-state index in [1.165, 1.54) is 11.3 Å². The van der Waals surface area contributed by atoms with Crippen molar-refractivity contribution in [2.75, 3.05) is 19.7 Å². The van der Waals surface area contributed by atoms with E-state index in [0.717, 1.165) is 4.88 Å². The summed E-state index contributed by atoms with van der Waals surface area (Å²) in [6.45, 7) is 2.88. The van der Waals surface area contributed by atoms with Gasteiger partial charge in [-0.2, -0.15) is 0 Å². The lowest BCUT2D eigenvalue weighted by atomic mass is 9.97. The van der Waals surface area contributed by atoms with E-state index in [1.807, 2.05) is 17.5 Å². The molecule has 1 N–H and O–H groups in total. The van der Waals surface area contributed by atoms with Crippen LogP contribution in [0.5, 0.6) is 0 Å². The summed E-state index contributed by atoms with van der Waals surface area (Å²) in [6, 6.07) is 9.26. The van der Waals surface area contributed by atoms with Crippen molar-refractivity contribution in [1.82, 2.24) is 9.80 Å². The summed E-state index contributed by atoms with van der Waals surface area (Å²) in [5, 5.41) is 13.9. The van der Waals surface area contributed by atoms with E-state index >= 15 is 0 Å². The lowest BCUT2D eigenvalue weighted by molar-refractivity contribution is -0.132. The number of hydrogen-bond acceptors (Lipinski definition) is 7. The van der Waals surface area contributed by atoms with Crippen molar-refractivity contribution in [3.8, 4) is 0 Å². The van der Waals surface area contributed by atoms with Gasteiger partial charge in [-0.1, -0.05) is 17.7 Å². The van der Waals surface area contributed by atoms with E-state index in [2.05, 4.69) is 0 Å². The Labute approximate surface area is 210 Å². The third kappa shape index (κ3) is 4.19. The van der Waals surface area contributed by atoms with Gasteiger partial charge in [-0.25, -0.2) is 4.79 Å². The van der Waals surface area contributed by atoms with E-state index in [9.17, 15) is 19.5 Å². The molecule has 0 saturated carbocycles. The zero-order valence-corrected chi connectivity index (χ0v) is 20.5. The number of Topliss-reactive ketones (excluding diaryl/α,β-unsaturated/α-hetero) is 1. The molecule has 2 aliphatic heterocycles. The Morgan fingerprint density at radius 2 is 2.00 bits per heavy atom. The van der Waals surface area contributed by atoms with Crippen LogP contribution >= 0.6 is 22.9 Å². The molecule has 182 valence electrons. The fourth-order valence-electron chi connectivity index (χ4n) is 4.76. The third-order valence-electron chi connectivity index (χ3n) is 6.39. The number of piperidine rings is 1. The molecule has 0 spiro atoms. The summed E-state index contributed by atoms with van der Waals surface area (Å²) in [4.78, 5) is 43.0. The molecule has 0 aliphatic carbocycles. The van der Waals surface area contributed by atoms with Gasteiger partial charge in [0.05, 0.1) is 12.2 Å². The van der Waals surface area contributed by atoms with Gasteiger partial charge >= 0.3 is 6.09 Å². The molecular formula is C25H23ClN2O6S. The van der Waals surface area contributed by atoms with Crippen LogP contribution in [0.2, 0.25) is 5.02 Å². The summed E-state index contributed by atoms with van der Waals surface area (Å²) in [5.74, 6) is -1.69. The minimum Gasteiger partial charge on any atom is -0.503 e. The predicted molar refractivity (Wildman–Crippen MR) is 131 cm³/mol. The number of fused-ring (bicyclic) bond motifs is 1. The molecule has 1 aromatic carbocycles. The van der Waals surface area contributed by atoms with Crippen LogP contribution in [0.15, 0.2) is 57.5 Å². The van der Waals surface area contributed by atoms with Crippen molar-refractivity contribution in [2.24, 2.45) is 0 Å². The van der Waals surface area contributed by atoms with Crippen molar-refractivity contribution in [3.63, 3.8) is 0 Å². The molecule has 1 saturated heterocycles. The number of furan rings is 1. The number of halogens is 1. The van der Waals surface area contributed by atoms with Gasteiger partial charge < -0.3 is 24.1 Å². The van der Waals surface area contributed by atoms with Gasteiger partial charge in [0.15, 0.2) is 11.5 Å². The SMILES string of the molecule is CCOC(=O)N1CCC(N2C(=O)C(O)=C(C(=O)c3cc4cc(Cl)ccc4o3)C2c2cccs2)CC1. The van der Waals surface area contributed by atoms with Gasteiger partial charge in [0.2, 0.25) is 5.78 Å². The van der Waals surface area contributed by atoms with Crippen LogP contribution in [0.25, 0.3) is 11.0 Å². The summed E-state index contributed by atoms with van der Waals surface area (Å²) in [5.41, 5.74) is 0.480. The summed E-state index contributed by atoms with van der Waals surface area (Å²) < 4.78 is 10.8. The van der Waals surface area contributed by atoms with E-state index in [4.69, 9.17) is 20.8 Å². The Morgan fingerprint density at radius 1 is 1.23 bits per heavy atom. The van der Waals surface area contributed by atoms with Gasteiger partial charge in [-0.05, 0) is 55.5 Å². The molecular weight excluding hydrogens is 492 g/mol. The maximum atomic E-state index is 13.6. The number of benzene rings is 1. The second-order valence-electron chi connectivity index (χ2n) is 8.43. The molecule has 3 aromatic rings. The number of ether oxygens (including phenoxy) is 1. The van der Waals surface area contributed by atoms with E-state index in [1.54, 1.807) is 41.0 Å². The number of carbonyl (C=O) groups is 3. The molecule has 0 bridgehead atoms. The second-order valence-corrected chi connectivity index (χ2v) is 9.85. The zero-order chi connectivity index (χ0) is 24.7. The summed E-state index contributed by atoms with van der Waals surface area (Å²) in [7, 11) is 0. The number of likely N-dealkylation sites (tertiary alicyclic amines) is 1. The Bertz CT molecular complexity index is 1320. The smallest absolute Gasteiger partial charge is 0.409 e. The fraction of sp³-hybridized carbons (Fsp3) is 0.320. The van der Waals surface area contributed by atoms with Gasteiger partial charge in [-0.15, -0.1) is 11.3 Å². The number of hydrogen-bond donors (Lipinski definition) is 1. The normalized spacial score (nSPS) is 19.1. The molecule has 2 aromatic heterocycles. The maximum Gasteiger partial charge on any atom is 0.409 e. The van der Waals surface area contributed by atoms with Crippen LogP contribution in [0.3, 0.4) is 0 Å². The van der Waals surface area contributed by atoms with E-state index in [0.29, 0.717) is 48.5 Å². The monoisotopic (exact) mass is 514 g/mol. The third-order valence-corrected chi connectivity index (χ3v) is 7.55. The largest absolute Gasteiger partial charge is 0.503 e. The number of nitrogens with zero attached hydrogens (tertiary/aromatic N) is 2. The lowest BCUT2D eigenvalue weighted by Gasteiger charge is -2.39. The van der Waals surface area contributed by atoms with Gasteiger partial charge in [-0.3, -0.25) is 9.59 Å². The Kier molecular flexibility index (Phi) is 6.29. The Morgan fingerprint density at radius 3 is 2.69 bits per heavy atom. The second kappa shape index (κ2) is 9.39. The van der Waals surface area contributed by atoms with Crippen LogP contribution in [-0.2, 0) is 9.53 Å². The maximum absolute atomic E-state index is 13.6. The summed E-state index contributed by atoms with van der Waals surface area (Å²) >= 11 is 7.47. The minimum absolute atomic E-state index is 0.00424. The number of carbonyl (C=O) groups excluding carboxylic acids is 3. The van der Waals surface area contributed by atoms with Crippen molar-refractivity contribution in [2.45, 2.75) is 31.8 Å². The molecule has 4 heterocycles. The fourth-order valence-corrected chi connectivity index (χ4v) is 5.77. The number of amides is 2. The lowest BCUT2D eigenvalue weighted by Crippen LogP contribution is -2.48. The molecule has 8 nitrogen and oxygen atoms in total. The average Bonchev–Trinajstić information content (AvgIpc) is 3.58. The van der Waals surface area contributed by atoms with Crippen LogP contribution in [0.1, 0.15) is 41.2 Å². The van der Waals surface area contributed by atoms with E-state index in [-0.39, 0.29) is 23.5 Å². The first-order valence-electron chi connectivity index (χ1n) is 11.3. The van der Waals surface area contributed by atoms with Crippen LogP contribution in [0, 0.1) is 0 Å². The molecule has 2 aliphatic rings. The van der Waals surface area contributed by atoms with Crippen molar-refractivity contribution < 1.29 is 28.6 Å². The van der Waals surface area contributed by atoms with E-state index < -0.39 is 23.5 Å². The number of aliphatic hydroxyl groups is 1. The highest BCUT2D eigenvalue weighted by Crippen LogP contribution is 2.43. The van der Waals surface area contributed by atoms with Crippen LogP contribution in [0.4, 0.5) is 4.79 Å². The number of rotatable bonds is 5. The molecule has 2 amide bonds. The average molecular weight is 515 g/mol. The van der Waals surface area contributed by atoms with Crippen molar-refractivity contribution in [3.05, 3.63) is 68.8 Å². The number of ketones is 1. The highest BCUT2D eigenvalue weighted by Gasteiger charge is 2.48. The number of aliphatic hydroxyl groups excluding tert-OH is 1. The molecule has 0 radical (unpaired) electrons. The quantitative estimate of drug-likeness (QED) is 0.461. The molecule has 1 unspecified atom stereocenters. The highest BCUT2D eigenvalue weighted by atomic mass is 35.5. The number of thiophene rings is 1. The Hall–Kier alpha value is -3.30. The van der Waals surface area contributed by atoms with Gasteiger partial charge in [0.1, 0.15) is 11.6 Å². The molecule has 1 atom stereocenters. The molecule has 1 fully saturated rings. The standard InChI is InChI=1S/C25H23ClN2O6S/c1-2-33-25(32)27-9-7-16(8-10-27)28-21(19-4-3-11-35-19)20(23(30)24(28)31)22(29)18-13-14-12-15(26)5-6-17(14)34-18/h3-6,11-13,16,21,30H,2,7-10H2,1H3. The minimum atomic E-state index is -0.744. The summed E-state index contributed by atoms with van der Waals surface area (Å²) in [6.07, 6.45) is 0.629. The predicted octanol–water partition coefficient (Wildman–Crippen LogP) is 5.35. The highest BCUT2D eigenvalue weighted by molar-refractivity contribution is 7.10. The van der Waals surface area contributed by atoms with Gasteiger partial charge in [0.25, 0.3) is 5.91 Å². The molecule has 35 heavy (non-hydrogen) atoms.